The number of phenols is 1. The number of carbonyl (C=O) groups excluding carboxylic acids is 6. The molecule has 2 aliphatic heterocycles. The van der Waals surface area contributed by atoms with E-state index in [4.69, 9.17) is 9.47 Å². The molecule has 0 aliphatic carbocycles. The number of thiophene rings is 1. The zero-order valence-electron chi connectivity index (χ0n) is 35.2. The van der Waals surface area contributed by atoms with Gasteiger partial charge in [-0.2, -0.15) is 0 Å². The number of Topliss-reactive ketones (excluding diaryl/α,β-unsaturated/α-hetero) is 1. The number of hydrogen-bond acceptors (Lipinski definition) is 13. The maximum absolute atomic E-state index is 14.3. The third-order valence-electron chi connectivity index (χ3n) is 10.5. The number of carbonyl (C=O) groups is 6. The normalized spacial score (nSPS) is 27.6. The van der Waals surface area contributed by atoms with Crippen molar-refractivity contribution in [1.29, 1.82) is 0 Å². The van der Waals surface area contributed by atoms with E-state index in [1.807, 2.05) is 0 Å². The number of amides is 3. The van der Waals surface area contributed by atoms with E-state index in [1.54, 1.807) is 81.6 Å². The van der Waals surface area contributed by atoms with Gasteiger partial charge in [0.15, 0.2) is 5.06 Å². The Hall–Kier alpha value is -5.42. The standard InChI is InChI=1S/C45H58N4O11S/c1-27(2)40-43(56)46-35(26-31-14-10-15-32(51)25-31)44(57)49-23-11-16-34(48-49)45(58)59-37(28(3)13-9-19-38(53)60-39-20-12-24-61-39)18-8-6-7-17-36(52)30(5)41(54)33(42(55)47-40)22-21-29(4)50/h6-10,12-15,17,19-20,24-25,27,30,33-37,40-41,48,51-52,54H,11,16,18,21-23,26H2,1-5H3,(H,46,56)(H,47,55)/b8-6+,17-7+,19-9+,28-13+/t30-,33+,34?,35-,36-,37-,40-,41+/m0/s1. The molecule has 15 nitrogen and oxygen atoms in total. The lowest BCUT2D eigenvalue weighted by Crippen LogP contribution is -2.62. The van der Waals surface area contributed by atoms with Crippen molar-refractivity contribution in [3.63, 3.8) is 0 Å². The molecule has 2 bridgehead atoms. The van der Waals surface area contributed by atoms with E-state index < -0.39 is 83.9 Å². The van der Waals surface area contributed by atoms with Crippen LogP contribution in [0.3, 0.4) is 0 Å². The molecule has 1 fully saturated rings. The van der Waals surface area contributed by atoms with Crippen LogP contribution in [0.4, 0.5) is 0 Å². The number of esters is 2. The molecule has 61 heavy (non-hydrogen) atoms. The molecule has 3 amide bonds. The molecule has 2 aliphatic rings. The van der Waals surface area contributed by atoms with Crippen LogP contribution in [0.5, 0.6) is 10.8 Å². The van der Waals surface area contributed by atoms with Crippen LogP contribution < -0.4 is 20.8 Å². The molecule has 0 spiro atoms. The Labute approximate surface area is 360 Å². The van der Waals surface area contributed by atoms with Gasteiger partial charge in [0, 0.05) is 37.8 Å². The number of phenolic OH excluding ortho intramolecular Hbond substituents is 1. The summed E-state index contributed by atoms with van der Waals surface area (Å²) in [7, 11) is 0. The van der Waals surface area contributed by atoms with Crippen molar-refractivity contribution < 1.29 is 53.6 Å². The molecule has 4 rings (SSSR count). The van der Waals surface area contributed by atoms with E-state index in [-0.39, 0.29) is 43.8 Å². The van der Waals surface area contributed by atoms with Crippen molar-refractivity contribution in [2.75, 3.05) is 6.54 Å². The van der Waals surface area contributed by atoms with Crippen molar-refractivity contribution >= 4 is 46.8 Å². The van der Waals surface area contributed by atoms with E-state index in [9.17, 15) is 44.1 Å². The Morgan fingerprint density at radius 3 is 2.51 bits per heavy atom. The van der Waals surface area contributed by atoms with Crippen LogP contribution in [0, 0.1) is 17.8 Å². The molecule has 1 saturated heterocycles. The molecule has 1 aromatic carbocycles. The third-order valence-corrected chi connectivity index (χ3v) is 11.3. The molecule has 330 valence electrons. The van der Waals surface area contributed by atoms with E-state index in [2.05, 4.69) is 16.1 Å². The number of cyclic esters (lactones) is 1. The summed E-state index contributed by atoms with van der Waals surface area (Å²) in [5.41, 5.74) is 4.10. The largest absolute Gasteiger partial charge is 0.508 e. The number of aliphatic hydroxyl groups excluding tert-OH is 2. The number of allylic oxidation sites excluding steroid dienone is 4. The van der Waals surface area contributed by atoms with E-state index >= 15 is 0 Å². The second-order valence-electron chi connectivity index (χ2n) is 15.8. The lowest BCUT2D eigenvalue weighted by atomic mass is 9.84. The van der Waals surface area contributed by atoms with Gasteiger partial charge in [0.1, 0.15) is 35.8 Å². The van der Waals surface area contributed by atoms with Crippen molar-refractivity contribution in [2.24, 2.45) is 17.8 Å². The SMILES string of the molecule is CC(=O)CC[C@H]1C(=O)N[C@@H](C(C)C)C(=O)N[C@@H](Cc2cccc(O)c2)C(=O)N2CCCC(N2)C(=O)O[C@H](/C(C)=C/C=C/C(=O)Oc2cccs2)C/C=C/C=C/[C@H](O)[C@H](C)[C@H]1O. The maximum Gasteiger partial charge on any atom is 0.336 e. The Bertz CT molecular complexity index is 1960. The first-order chi connectivity index (χ1) is 29.0. The molecule has 0 radical (unpaired) electrons. The molecule has 1 aromatic heterocycles. The number of rotatable bonds is 10. The fraction of sp³-hybridized carbons (Fsp3) is 0.467. The van der Waals surface area contributed by atoms with Crippen LogP contribution in [0.1, 0.15) is 72.3 Å². The summed E-state index contributed by atoms with van der Waals surface area (Å²) in [6.45, 7) is 8.27. The fourth-order valence-electron chi connectivity index (χ4n) is 6.89. The van der Waals surface area contributed by atoms with Gasteiger partial charge in [-0.05, 0) is 79.8 Å². The van der Waals surface area contributed by atoms with Gasteiger partial charge in [-0.25, -0.2) is 10.2 Å². The van der Waals surface area contributed by atoms with Crippen LogP contribution in [0.25, 0.3) is 0 Å². The van der Waals surface area contributed by atoms with Gasteiger partial charge in [-0.15, -0.1) is 11.3 Å². The van der Waals surface area contributed by atoms with Crippen LogP contribution in [-0.2, 0) is 39.9 Å². The van der Waals surface area contributed by atoms with Gasteiger partial charge < -0.3 is 40.2 Å². The molecule has 16 heteroatoms. The van der Waals surface area contributed by atoms with Gasteiger partial charge in [0.05, 0.1) is 18.1 Å². The summed E-state index contributed by atoms with van der Waals surface area (Å²) in [4.78, 5) is 80.5. The number of ketones is 1. The first kappa shape index (κ1) is 48.2. The number of ether oxygens (including phenoxy) is 2. The van der Waals surface area contributed by atoms with Gasteiger partial charge in [-0.1, -0.05) is 69.4 Å². The number of aromatic hydroxyl groups is 1. The number of hydrazine groups is 1. The number of fused-ring (bicyclic) bond motifs is 2. The average molecular weight is 863 g/mol. The lowest BCUT2D eigenvalue weighted by Gasteiger charge is -2.36. The monoisotopic (exact) mass is 862 g/mol. The van der Waals surface area contributed by atoms with Gasteiger partial charge in [-0.3, -0.25) is 24.2 Å². The molecule has 2 aromatic rings. The molecular formula is C45H58N4O11S. The summed E-state index contributed by atoms with van der Waals surface area (Å²) in [6, 6.07) is 6.29. The highest BCUT2D eigenvalue weighted by molar-refractivity contribution is 7.11. The summed E-state index contributed by atoms with van der Waals surface area (Å²) in [5, 5.41) is 41.8. The fourth-order valence-corrected chi connectivity index (χ4v) is 7.47. The summed E-state index contributed by atoms with van der Waals surface area (Å²) in [5.74, 6) is -6.03. The maximum atomic E-state index is 14.3. The number of nitrogens with zero attached hydrogens (tertiary/aromatic N) is 1. The number of nitrogens with one attached hydrogen (secondary N) is 3. The van der Waals surface area contributed by atoms with Crippen LogP contribution in [-0.4, -0.2) is 98.8 Å². The first-order valence-corrected chi connectivity index (χ1v) is 21.4. The van der Waals surface area contributed by atoms with Crippen molar-refractivity contribution in [3.8, 4) is 10.8 Å². The molecule has 6 N–H and O–H groups in total. The molecule has 1 unspecified atom stereocenters. The predicted molar refractivity (Wildman–Crippen MR) is 229 cm³/mol. The van der Waals surface area contributed by atoms with Gasteiger partial charge in [0.2, 0.25) is 11.8 Å². The highest BCUT2D eigenvalue weighted by atomic mass is 32.1. The minimum Gasteiger partial charge on any atom is -0.508 e. The summed E-state index contributed by atoms with van der Waals surface area (Å²) in [6.07, 6.45) is 8.02. The van der Waals surface area contributed by atoms with Crippen molar-refractivity contribution in [3.05, 3.63) is 95.4 Å². The predicted octanol–water partition coefficient (Wildman–Crippen LogP) is 4.00. The highest BCUT2D eigenvalue weighted by Gasteiger charge is 2.38. The molecule has 3 heterocycles. The van der Waals surface area contributed by atoms with Crippen molar-refractivity contribution in [2.45, 2.75) is 110 Å². The van der Waals surface area contributed by atoms with Gasteiger partial charge >= 0.3 is 11.9 Å². The number of aliphatic hydroxyl groups is 2. The molecule has 0 saturated carbocycles. The molecule has 8 atom stereocenters. The zero-order valence-corrected chi connectivity index (χ0v) is 36.0. The summed E-state index contributed by atoms with van der Waals surface area (Å²) < 4.78 is 11.3. The Morgan fingerprint density at radius 2 is 1.82 bits per heavy atom. The zero-order chi connectivity index (χ0) is 44.6. The Balaban J connectivity index is 1.70. The van der Waals surface area contributed by atoms with Crippen LogP contribution in [0.2, 0.25) is 0 Å². The first-order valence-electron chi connectivity index (χ1n) is 20.5. The Morgan fingerprint density at radius 1 is 1.05 bits per heavy atom. The summed E-state index contributed by atoms with van der Waals surface area (Å²) >= 11 is 1.27. The smallest absolute Gasteiger partial charge is 0.336 e. The van der Waals surface area contributed by atoms with Crippen LogP contribution >= 0.6 is 11.3 Å². The lowest BCUT2D eigenvalue weighted by molar-refractivity contribution is -0.156. The number of benzene rings is 1. The number of hydrogen-bond donors (Lipinski definition) is 6. The quantitative estimate of drug-likeness (QED) is 0.113. The minimum absolute atomic E-state index is 0.0337. The average Bonchev–Trinajstić information content (AvgIpc) is 3.73. The molecular weight excluding hydrogens is 805 g/mol. The second kappa shape index (κ2) is 23.5. The van der Waals surface area contributed by atoms with E-state index in [0.717, 1.165) is 0 Å². The van der Waals surface area contributed by atoms with E-state index in [1.165, 1.54) is 53.6 Å². The van der Waals surface area contributed by atoms with Crippen LogP contribution in [0.15, 0.2) is 89.9 Å². The third kappa shape index (κ3) is 14.9. The van der Waals surface area contributed by atoms with E-state index in [0.29, 0.717) is 29.0 Å². The topological polar surface area (TPSA) is 221 Å². The second-order valence-corrected chi connectivity index (χ2v) is 16.7. The minimum atomic E-state index is -1.43. The van der Waals surface area contributed by atoms with Gasteiger partial charge in [0.25, 0.3) is 5.91 Å². The Kier molecular flexibility index (Phi) is 18.6. The van der Waals surface area contributed by atoms with Crippen molar-refractivity contribution in [1.82, 2.24) is 21.1 Å². The highest BCUT2D eigenvalue weighted by Crippen LogP contribution is 2.24.